The van der Waals surface area contributed by atoms with Crippen molar-refractivity contribution in [3.8, 4) is 5.88 Å². The fraction of sp³-hybridized carbons (Fsp3) is 0.692. The number of hydrogen-bond acceptors (Lipinski definition) is 4. The first-order valence-electron chi connectivity index (χ1n) is 6.61. The third-order valence-electron chi connectivity index (χ3n) is 3.42. The maximum absolute atomic E-state index is 5.77. The van der Waals surface area contributed by atoms with Gasteiger partial charge in [0.2, 0.25) is 5.88 Å². The lowest BCUT2D eigenvalue weighted by molar-refractivity contribution is 0.200. The van der Waals surface area contributed by atoms with Crippen LogP contribution < -0.4 is 10.1 Å². The molecular formula is C13H19N3O. The van der Waals surface area contributed by atoms with E-state index in [1.807, 2.05) is 6.20 Å². The fourth-order valence-corrected chi connectivity index (χ4v) is 2.21. The Balaban J connectivity index is 1.51. The molecule has 0 radical (unpaired) electrons. The average Bonchev–Trinajstić information content (AvgIpc) is 3.05. The lowest BCUT2D eigenvalue weighted by Gasteiger charge is -2.11. The Kier molecular flexibility index (Phi) is 3.22. The van der Waals surface area contributed by atoms with Gasteiger partial charge in [-0.1, -0.05) is 0 Å². The molecule has 1 heterocycles. The van der Waals surface area contributed by atoms with Crippen LogP contribution in [0.3, 0.4) is 0 Å². The monoisotopic (exact) mass is 233 g/mol. The van der Waals surface area contributed by atoms with E-state index in [0.29, 0.717) is 18.0 Å². The molecule has 1 aromatic rings. The van der Waals surface area contributed by atoms with Crippen LogP contribution in [0.5, 0.6) is 5.88 Å². The van der Waals surface area contributed by atoms with Gasteiger partial charge < -0.3 is 10.1 Å². The van der Waals surface area contributed by atoms with E-state index in [1.165, 1.54) is 25.7 Å². The first-order valence-corrected chi connectivity index (χ1v) is 6.61. The normalized spacial score (nSPS) is 20.7. The molecule has 4 heteroatoms. The molecule has 2 fully saturated rings. The summed E-state index contributed by atoms with van der Waals surface area (Å²) in [7, 11) is 0. The van der Waals surface area contributed by atoms with Crippen molar-refractivity contribution in [2.75, 3.05) is 0 Å². The number of nitrogens with one attached hydrogen (secondary N) is 1. The molecule has 92 valence electrons. The summed E-state index contributed by atoms with van der Waals surface area (Å²) in [5.41, 5.74) is 0.996. The Bertz CT molecular complexity index is 355. The molecule has 2 aliphatic rings. The Morgan fingerprint density at radius 1 is 1.12 bits per heavy atom. The van der Waals surface area contributed by atoms with Crippen LogP contribution >= 0.6 is 0 Å². The van der Waals surface area contributed by atoms with Gasteiger partial charge in [0.25, 0.3) is 0 Å². The van der Waals surface area contributed by atoms with Gasteiger partial charge in [-0.05, 0) is 38.5 Å². The zero-order chi connectivity index (χ0) is 11.5. The predicted octanol–water partition coefficient (Wildman–Crippen LogP) is 2.05. The topological polar surface area (TPSA) is 47.0 Å². The summed E-state index contributed by atoms with van der Waals surface area (Å²) in [6.07, 6.45) is 11.4. The molecule has 1 aromatic heterocycles. The number of nitrogens with zero attached hydrogens (tertiary/aromatic N) is 2. The summed E-state index contributed by atoms with van der Waals surface area (Å²) in [5, 5.41) is 3.42. The molecule has 0 aliphatic heterocycles. The molecule has 0 amide bonds. The average molecular weight is 233 g/mol. The number of hydrogen-bond donors (Lipinski definition) is 1. The number of rotatable bonds is 5. The van der Waals surface area contributed by atoms with Crippen LogP contribution in [0.25, 0.3) is 0 Å². The van der Waals surface area contributed by atoms with Crippen molar-refractivity contribution in [1.82, 2.24) is 15.3 Å². The maximum atomic E-state index is 5.77. The van der Waals surface area contributed by atoms with Crippen molar-refractivity contribution >= 4 is 0 Å². The van der Waals surface area contributed by atoms with E-state index in [-0.39, 0.29) is 0 Å². The van der Waals surface area contributed by atoms with Crippen molar-refractivity contribution in [2.45, 2.75) is 57.2 Å². The first-order chi connectivity index (χ1) is 8.40. The van der Waals surface area contributed by atoms with E-state index in [0.717, 1.165) is 25.1 Å². The van der Waals surface area contributed by atoms with Crippen LogP contribution in [-0.2, 0) is 6.54 Å². The minimum atomic E-state index is 0.361. The molecule has 3 rings (SSSR count). The molecular weight excluding hydrogens is 214 g/mol. The molecule has 0 saturated heterocycles. The predicted molar refractivity (Wildman–Crippen MR) is 64.8 cm³/mol. The van der Waals surface area contributed by atoms with Crippen LogP contribution in [0.4, 0.5) is 0 Å². The van der Waals surface area contributed by atoms with Crippen molar-refractivity contribution in [2.24, 2.45) is 0 Å². The molecule has 0 atom stereocenters. The second-order valence-electron chi connectivity index (χ2n) is 5.03. The third kappa shape index (κ3) is 3.16. The summed E-state index contributed by atoms with van der Waals surface area (Å²) in [5.74, 6) is 0.673. The molecule has 1 N–H and O–H groups in total. The smallest absolute Gasteiger partial charge is 0.232 e. The van der Waals surface area contributed by atoms with Gasteiger partial charge in [0.1, 0.15) is 6.10 Å². The lowest BCUT2D eigenvalue weighted by Crippen LogP contribution is -2.17. The number of aromatic nitrogens is 2. The zero-order valence-electron chi connectivity index (χ0n) is 10.1. The SMILES string of the molecule is c1nc(OC2CCCC2)cnc1CNC1CC1. The van der Waals surface area contributed by atoms with Crippen molar-refractivity contribution in [3.63, 3.8) is 0 Å². The molecule has 0 bridgehead atoms. The highest BCUT2D eigenvalue weighted by Gasteiger charge is 2.20. The minimum Gasteiger partial charge on any atom is -0.473 e. The summed E-state index contributed by atoms with van der Waals surface area (Å²) in [4.78, 5) is 8.69. The highest BCUT2D eigenvalue weighted by Crippen LogP contribution is 2.22. The Hall–Kier alpha value is -1.16. The van der Waals surface area contributed by atoms with Crippen molar-refractivity contribution in [1.29, 1.82) is 0 Å². The van der Waals surface area contributed by atoms with E-state index in [1.54, 1.807) is 6.20 Å². The minimum absolute atomic E-state index is 0.361. The quantitative estimate of drug-likeness (QED) is 0.845. The largest absolute Gasteiger partial charge is 0.473 e. The lowest BCUT2D eigenvalue weighted by atomic mass is 10.3. The zero-order valence-corrected chi connectivity index (χ0v) is 10.1. The Morgan fingerprint density at radius 3 is 2.59 bits per heavy atom. The van der Waals surface area contributed by atoms with Gasteiger partial charge in [-0.25, -0.2) is 4.98 Å². The van der Waals surface area contributed by atoms with Gasteiger partial charge >= 0.3 is 0 Å². The van der Waals surface area contributed by atoms with Gasteiger partial charge in [-0.3, -0.25) is 4.98 Å². The van der Waals surface area contributed by atoms with E-state index >= 15 is 0 Å². The van der Waals surface area contributed by atoms with Gasteiger partial charge in [-0.15, -0.1) is 0 Å². The molecule has 0 unspecified atom stereocenters. The van der Waals surface area contributed by atoms with Crippen LogP contribution in [0.15, 0.2) is 12.4 Å². The van der Waals surface area contributed by atoms with Crippen LogP contribution in [-0.4, -0.2) is 22.1 Å². The van der Waals surface area contributed by atoms with Crippen LogP contribution in [0, 0.1) is 0 Å². The molecule has 2 saturated carbocycles. The van der Waals surface area contributed by atoms with Crippen LogP contribution in [0.1, 0.15) is 44.2 Å². The van der Waals surface area contributed by atoms with E-state index < -0.39 is 0 Å². The van der Waals surface area contributed by atoms with Crippen molar-refractivity contribution < 1.29 is 4.74 Å². The fourth-order valence-electron chi connectivity index (χ4n) is 2.21. The van der Waals surface area contributed by atoms with Gasteiger partial charge in [0.15, 0.2) is 0 Å². The maximum Gasteiger partial charge on any atom is 0.232 e. The van der Waals surface area contributed by atoms with E-state index in [2.05, 4.69) is 15.3 Å². The van der Waals surface area contributed by atoms with Gasteiger partial charge in [0.05, 0.1) is 18.1 Å². The highest BCUT2D eigenvalue weighted by molar-refractivity contribution is 5.08. The molecule has 4 nitrogen and oxygen atoms in total. The summed E-state index contributed by atoms with van der Waals surface area (Å²) < 4.78 is 5.77. The Morgan fingerprint density at radius 2 is 1.94 bits per heavy atom. The highest BCUT2D eigenvalue weighted by atomic mass is 16.5. The molecule has 0 aromatic carbocycles. The first kappa shape index (κ1) is 11.0. The summed E-state index contributed by atoms with van der Waals surface area (Å²) >= 11 is 0. The molecule has 2 aliphatic carbocycles. The summed E-state index contributed by atoms with van der Waals surface area (Å²) in [6.45, 7) is 0.821. The van der Waals surface area contributed by atoms with E-state index in [9.17, 15) is 0 Å². The second kappa shape index (κ2) is 5.00. The molecule has 17 heavy (non-hydrogen) atoms. The van der Waals surface area contributed by atoms with Gasteiger partial charge in [0, 0.05) is 12.6 Å². The molecule has 0 spiro atoms. The van der Waals surface area contributed by atoms with E-state index in [4.69, 9.17) is 4.74 Å². The van der Waals surface area contributed by atoms with Crippen LogP contribution in [0.2, 0.25) is 0 Å². The van der Waals surface area contributed by atoms with Gasteiger partial charge in [-0.2, -0.15) is 0 Å². The second-order valence-corrected chi connectivity index (χ2v) is 5.03. The number of ether oxygens (including phenoxy) is 1. The standard InChI is InChI=1S/C13H19N3O/c1-2-4-12(3-1)17-13-9-15-11(8-16-13)7-14-10-5-6-10/h8-10,12,14H,1-7H2. The Labute approximate surface area is 102 Å². The third-order valence-corrected chi connectivity index (χ3v) is 3.42. The summed E-state index contributed by atoms with van der Waals surface area (Å²) in [6, 6.07) is 0.714. The van der Waals surface area contributed by atoms with Crippen molar-refractivity contribution in [3.05, 3.63) is 18.1 Å².